The van der Waals surface area contributed by atoms with Crippen LogP contribution in [-0.2, 0) is 6.54 Å². The minimum atomic E-state index is 0.604. The summed E-state index contributed by atoms with van der Waals surface area (Å²) in [6.45, 7) is 0.604. The highest BCUT2D eigenvalue weighted by Gasteiger charge is 2.08. The first kappa shape index (κ1) is 13.8. The molecular formula is C17H14N4O. The minimum absolute atomic E-state index is 0.604. The molecule has 0 saturated heterocycles. The van der Waals surface area contributed by atoms with Crippen molar-refractivity contribution in [1.82, 2.24) is 14.8 Å². The van der Waals surface area contributed by atoms with E-state index in [1.807, 2.05) is 41.1 Å². The van der Waals surface area contributed by atoms with E-state index in [4.69, 9.17) is 10.00 Å². The van der Waals surface area contributed by atoms with Gasteiger partial charge in [-0.3, -0.25) is 0 Å². The molecule has 0 N–H and O–H groups in total. The maximum absolute atomic E-state index is 8.86. The molecule has 0 unspecified atom stereocenters. The molecule has 0 radical (unpaired) electrons. The summed E-state index contributed by atoms with van der Waals surface area (Å²) in [4.78, 5) is 4.32. The lowest BCUT2D eigenvalue weighted by atomic mass is 10.1. The van der Waals surface area contributed by atoms with E-state index < -0.39 is 0 Å². The summed E-state index contributed by atoms with van der Waals surface area (Å²) in [6, 6.07) is 17.3. The number of aromatic nitrogens is 3. The first-order chi connectivity index (χ1) is 10.8. The monoisotopic (exact) mass is 290 g/mol. The molecule has 0 fully saturated rings. The molecule has 5 heteroatoms. The molecule has 108 valence electrons. The second-order valence-electron chi connectivity index (χ2n) is 4.78. The molecular weight excluding hydrogens is 276 g/mol. The van der Waals surface area contributed by atoms with Gasteiger partial charge in [0, 0.05) is 5.56 Å². The van der Waals surface area contributed by atoms with Crippen LogP contribution in [0.5, 0.6) is 5.75 Å². The van der Waals surface area contributed by atoms with E-state index in [0.717, 1.165) is 22.7 Å². The van der Waals surface area contributed by atoms with Gasteiger partial charge in [0.1, 0.15) is 12.1 Å². The Morgan fingerprint density at radius 2 is 2.00 bits per heavy atom. The molecule has 0 aliphatic heterocycles. The standard InChI is InChI=1S/C17H14N4O/c1-22-16-4-2-3-14(9-16)11-21-17(19-12-20-21)15-7-5-13(10-18)6-8-15/h2-9,12H,11H2,1H3. The van der Waals surface area contributed by atoms with Gasteiger partial charge in [0.15, 0.2) is 5.82 Å². The van der Waals surface area contributed by atoms with Gasteiger partial charge < -0.3 is 4.74 Å². The predicted molar refractivity (Wildman–Crippen MR) is 82.3 cm³/mol. The van der Waals surface area contributed by atoms with Gasteiger partial charge >= 0.3 is 0 Å². The summed E-state index contributed by atoms with van der Waals surface area (Å²) < 4.78 is 7.07. The van der Waals surface area contributed by atoms with E-state index in [2.05, 4.69) is 16.2 Å². The van der Waals surface area contributed by atoms with Gasteiger partial charge in [0.25, 0.3) is 0 Å². The lowest BCUT2D eigenvalue weighted by Crippen LogP contribution is -2.04. The van der Waals surface area contributed by atoms with Crippen molar-refractivity contribution in [3.63, 3.8) is 0 Å². The molecule has 0 amide bonds. The largest absolute Gasteiger partial charge is 0.497 e. The van der Waals surface area contributed by atoms with Crippen LogP contribution < -0.4 is 4.74 Å². The van der Waals surface area contributed by atoms with E-state index in [9.17, 15) is 0 Å². The van der Waals surface area contributed by atoms with Crippen molar-refractivity contribution in [2.24, 2.45) is 0 Å². The molecule has 3 rings (SSSR count). The minimum Gasteiger partial charge on any atom is -0.497 e. The molecule has 3 aromatic rings. The van der Waals surface area contributed by atoms with Crippen LogP contribution in [0.2, 0.25) is 0 Å². The number of hydrogen-bond donors (Lipinski definition) is 0. The predicted octanol–water partition coefficient (Wildman–Crippen LogP) is 2.87. The SMILES string of the molecule is COc1cccc(Cn2ncnc2-c2ccc(C#N)cc2)c1. The van der Waals surface area contributed by atoms with Gasteiger partial charge in [-0.2, -0.15) is 10.4 Å². The highest BCUT2D eigenvalue weighted by molar-refractivity contribution is 5.56. The Morgan fingerprint density at radius 3 is 2.73 bits per heavy atom. The van der Waals surface area contributed by atoms with Crippen molar-refractivity contribution in [2.75, 3.05) is 7.11 Å². The van der Waals surface area contributed by atoms with E-state index >= 15 is 0 Å². The lowest BCUT2D eigenvalue weighted by Gasteiger charge is -2.08. The van der Waals surface area contributed by atoms with Crippen LogP contribution in [0.25, 0.3) is 11.4 Å². The maximum Gasteiger partial charge on any atom is 0.158 e. The van der Waals surface area contributed by atoms with Crippen LogP contribution in [0.3, 0.4) is 0 Å². The Bertz CT molecular complexity index is 815. The van der Waals surface area contributed by atoms with Gasteiger partial charge in [-0.15, -0.1) is 0 Å². The summed E-state index contributed by atoms with van der Waals surface area (Å²) in [5.74, 6) is 1.59. The molecule has 22 heavy (non-hydrogen) atoms. The van der Waals surface area contributed by atoms with Crippen LogP contribution in [0, 0.1) is 11.3 Å². The average molecular weight is 290 g/mol. The molecule has 0 aliphatic carbocycles. The molecule has 1 heterocycles. The number of methoxy groups -OCH3 is 1. The molecule has 1 aromatic heterocycles. The number of ether oxygens (including phenoxy) is 1. The van der Waals surface area contributed by atoms with Crippen LogP contribution in [0.4, 0.5) is 0 Å². The maximum atomic E-state index is 8.86. The molecule has 0 spiro atoms. The zero-order valence-electron chi connectivity index (χ0n) is 12.1. The second kappa shape index (κ2) is 6.10. The fourth-order valence-corrected chi connectivity index (χ4v) is 2.24. The van der Waals surface area contributed by atoms with E-state index in [-0.39, 0.29) is 0 Å². The Kier molecular flexibility index (Phi) is 3.84. The topological polar surface area (TPSA) is 63.7 Å². The van der Waals surface area contributed by atoms with Gasteiger partial charge in [0.05, 0.1) is 25.3 Å². The quantitative estimate of drug-likeness (QED) is 0.741. The van der Waals surface area contributed by atoms with Crippen molar-refractivity contribution >= 4 is 0 Å². The van der Waals surface area contributed by atoms with Crippen LogP contribution in [-0.4, -0.2) is 21.9 Å². The number of nitriles is 1. The fraction of sp³-hybridized carbons (Fsp3) is 0.118. The number of rotatable bonds is 4. The van der Waals surface area contributed by atoms with Crippen molar-refractivity contribution in [2.45, 2.75) is 6.54 Å². The van der Waals surface area contributed by atoms with Gasteiger partial charge in [-0.25, -0.2) is 9.67 Å². The number of hydrogen-bond acceptors (Lipinski definition) is 4. The summed E-state index contributed by atoms with van der Waals surface area (Å²) in [5, 5.41) is 13.1. The zero-order chi connectivity index (χ0) is 15.4. The third-order valence-corrected chi connectivity index (χ3v) is 3.35. The fourth-order valence-electron chi connectivity index (χ4n) is 2.24. The first-order valence-corrected chi connectivity index (χ1v) is 6.81. The second-order valence-corrected chi connectivity index (χ2v) is 4.78. The average Bonchev–Trinajstić information content (AvgIpc) is 3.03. The van der Waals surface area contributed by atoms with Crippen molar-refractivity contribution < 1.29 is 4.74 Å². The smallest absolute Gasteiger partial charge is 0.158 e. The van der Waals surface area contributed by atoms with E-state index in [1.165, 1.54) is 6.33 Å². The molecule has 0 saturated carbocycles. The molecule has 0 aliphatic rings. The number of benzene rings is 2. The molecule has 0 atom stereocenters. The van der Waals surface area contributed by atoms with Gasteiger partial charge in [0.2, 0.25) is 0 Å². The molecule has 2 aromatic carbocycles. The number of nitrogens with zero attached hydrogens (tertiary/aromatic N) is 4. The third kappa shape index (κ3) is 2.81. The first-order valence-electron chi connectivity index (χ1n) is 6.81. The highest BCUT2D eigenvalue weighted by atomic mass is 16.5. The van der Waals surface area contributed by atoms with Gasteiger partial charge in [-0.1, -0.05) is 12.1 Å². The highest BCUT2D eigenvalue weighted by Crippen LogP contribution is 2.19. The Balaban J connectivity index is 1.89. The van der Waals surface area contributed by atoms with E-state index in [1.54, 1.807) is 19.2 Å². The third-order valence-electron chi connectivity index (χ3n) is 3.35. The van der Waals surface area contributed by atoms with E-state index in [0.29, 0.717) is 12.1 Å². The lowest BCUT2D eigenvalue weighted by molar-refractivity contribution is 0.414. The molecule has 5 nitrogen and oxygen atoms in total. The molecule has 0 bridgehead atoms. The Morgan fingerprint density at radius 1 is 1.18 bits per heavy atom. The Hall–Kier alpha value is -3.13. The van der Waals surface area contributed by atoms with Crippen LogP contribution in [0.1, 0.15) is 11.1 Å². The Labute approximate surface area is 128 Å². The summed E-state index contributed by atoms with van der Waals surface area (Å²) in [5.41, 5.74) is 2.64. The van der Waals surface area contributed by atoms with Crippen molar-refractivity contribution in [3.8, 4) is 23.2 Å². The van der Waals surface area contributed by atoms with Crippen LogP contribution >= 0.6 is 0 Å². The van der Waals surface area contributed by atoms with Gasteiger partial charge in [-0.05, 0) is 42.0 Å². The summed E-state index contributed by atoms with van der Waals surface area (Å²) in [6.07, 6.45) is 1.54. The van der Waals surface area contributed by atoms with Crippen molar-refractivity contribution in [1.29, 1.82) is 5.26 Å². The van der Waals surface area contributed by atoms with Crippen LogP contribution in [0.15, 0.2) is 54.9 Å². The summed E-state index contributed by atoms with van der Waals surface area (Å²) in [7, 11) is 1.65. The summed E-state index contributed by atoms with van der Waals surface area (Å²) >= 11 is 0. The zero-order valence-corrected chi connectivity index (χ0v) is 12.1. The normalized spacial score (nSPS) is 10.2. The van der Waals surface area contributed by atoms with Crippen molar-refractivity contribution in [3.05, 3.63) is 66.0 Å².